The predicted octanol–water partition coefficient (Wildman–Crippen LogP) is 9.56. The molecule has 47 heavy (non-hydrogen) atoms. The fraction of sp³-hybridized carbons (Fsp3) is 0.167. The number of para-hydroxylation sites is 2. The van der Waals surface area contributed by atoms with Crippen LogP contribution in [0.3, 0.4) is 0 Å². The number of nitrogens with zero attached hydrogens (tertiary/aromatic N) is 1. The van der Waals surface area contributed by atoms with Crippen LogP contribution >= 0.6 is 15.8 Å². The average Bonchev–Trinajstić information content (AvgIpc) is 3.11. The molecule has 8 rings (SSSR count). The van der Waals surface area contributed by atoms with E-state index in [1.165, 1.54) is 59.9 Å². The molecule has 0 amide bonds. The lowest BCUT2D eigenvalue weighted by Crippen LogP contribution is -2.29. The Hall–Kier alpha value is -4.29. The molecule has 2 heterocycles. The van der Waals surface area contributed by atoms with Crippen molar-refractivity contribution in [3.05, 3.63) is 161 Å². The second kappa shape index (κ2) is 12.7. The molecule has 3 nitrogen and oxygen atoms in total. The normalized spacial score (nSPS) is 19.3. The van der Waals surface area contributed by atoms with Gasteiger partial charge in [-0.15, -0.1) is 0 Å². The number of allylic oxidation sites excluding steroid dienone is 1. The van der Waals surface area contributed by atoms with E-state index in [9.17, 15) is 0 Å². The van der Waals surface area contributed by atoms with Gasteiger partial charge in [0.15, 0.2) is 0 Å². The van der Waals surface area contributed by atoms with Gasteiger partial charge >= 0.3 is 0 Å². The first-order valence-corrected chi connectivity index (χ1v) is 19.4. The first-order chi connectivity index (χ1) is 23.1. The predicted molar refractivity (Wildman–Crippen MR) is 203 cm³/mol. The molecule has 5 heteroatoms. The van der Waals surface area contributed by atoms with E-state index in [1.807, 2.05) is 0 Å². The summed E-state index contributed by atoms with van der Waals surface area (Å²) in [6, 6.07) is 42.9. The highest BCUT2D eigenvalue weighted by Gasteiger charge is 2.30. The lowest BCUT2D eigenvalue weighted by atomic mass is 10.00. The first kappa shape index (κ1) is 30.1. The van der Waals surface area contributed by atoms with Gasteiger partial charge in [0.05, 0.1) is 24.2 Å². The lowest BCUT2D eigenvalue weighted by molar-refractivity contribution is 0.303. The van der Waals surface area contributed by atoms with Crippen LogP contribution in [0.1, 0.15) is 28.7 Å². The summed E-state index contributed by atoms with van der Waals surface area (Å²) >= 11 is 0. The van der Waals surface area contributed by atoms with Crippen LogP contribution in [-0.4, -0.2) is 18.1 Å². The van der Waals surface area contributed by atoms with Crippen LogP contribution in [0.4, 0.5) is 5.69 Å². The standard InChI is InChI=1S/C42H38N2OP2/c1-28-20-22-37-39(24-28)46(33-14-6-4-7-15-33)26-30-12-10-18-35-29(2)36-19-11-13-31(42(36)44-41(30)35)27-47(34-16-8-5-9-17-34)40-25-32(45-3)21-23-38(40)43-37/h4-22,24-25,38,43H,23,26-27H2,1-3H3. The van der Waals surface area contributed by atoms with Crippen molar-refractivity contribution in [1.82, 2.24) is 4.98 Å². The molecule has 0 radical (unpaired) electrons. The summed E-state index contributed by atoms with van der Waals surface area (Å²) < 4.78 is 5.89. The molecular weight excluding hydrogens is 610 g/mol. The number of pyridine rings is 1. The quantitative estimate of drug-likeness (QED) is 0.153. The van der Waals surface area contributed by atoms with Gasteiger partial charge in [0, 0.05) is 34.1 Å². The zero-order valence-corrected chi connectivity index (χ0v) is 28.9. The summed E-state index contributed by atoms with van der Waals surface area (Å²) in [6.45, 7) is 4.50. The molecule has 2 bridgehead atoms. The van der Waals surface area contributed by atoms with E-state index >= 15 is 0 Å². The van der Waals surface area contributed by atoms with Gasteiger partial charge in [-0.25, -0.2) is 4.98 Å². The molecule has 0 saturated carbocycles. The van der Waals surface area contributed by atoms with Gasteiger partial charge in [-0.2, -0.15) is 0 Å². The molecule has 3 atom stereocenters. The maximum Gasteiger partial charge on any atom is 0.115 e. The van der Waals surface area contributed by atoms with E-state index in [0.717, 1.165) is 35.5 Å². The van der Waals surface area contributed by atoms with Crippen LogP contribution in [0.15, 0.2) is 138 Å². The maximum atomic E-state index is 5.89. The molecule has 3 unspecified atom stereocenters. The Morgan fingerprint density at radius 2 is 1.32 bits per heavy atom. The van der Waals surface area contributed by atoms with E-state index in [0.29, 0.717) is 0 Å². The van der Waals surface area contributed by atoms with Gasteiger partial charge in [-0.1, -0.05) is 109 Å². The number of ether oxygens (including phenoxy) is 1. The van der Waals surface area contributed by atoms with E-state index in [1.54, 1.807) is 7.11 Å². The number of aryl methyl sites for hydroxylation is 2. The Kier molecular flexibility index (Phi) is 8.14. The van der Waals surface area contributed by atoms with E-state index < -0.39 is 15.8 Å². The molecule has 0 fully saturated rings. The number of rotatable bonds is 3. The lowest BCUT2D eigenvalue weighted by Gasteiger charge is -2.34. The van der Waals surface area contributed by atoms with Crippen LogP contribution < -0.4 is 21.2 Å². The molecule has 2 aliphatic rings. The number of anilines is 1. The van der Waals surface area contributed by atoms with Gasteiger partial charge in [0.25, 0.3) is 0 Å². The van der Waals surface area contributed by atoms with Crippen molar-refractivity contribution < 1.29 is 4.74 Å². The minimum atomic E-state index is -0.761. The zero-order chi connectivity index (χ0) is 31.9. The van der Waals surface area contributed by atoms with Crippen LogP contribution in [0.2, 0.25) is 0 Å². The molecule has 5 aromatic carbocycles. The molecule has 1 aromatic heterocycles. The van der Waals surface area contributed by atoms with Crippen LogP contribution in [0, 0.1) is 13.8 Å². The molecule has 1 aliphatic heterocycles. The minimum Gasteiger partial charge on any atom is -0.497 e. The van der Waals surface area contributed by atoms with Crippen molar-refractivity contribution in [3.63, 3.8) is 0 Å². The number of hydrogen-bond donors (Lipinski definition) is 1. The molecule has 1 aliphatic carbocycles. The molecular formula is C42H38N2OP2. The molecule has 232 valence electrons. The van der Waals surface area contributed by atoms with Gasteiger partial charge < -0.3 is 10.1 Å². The minimum absolute atomic E-state index is 0.140. The zero-order valence-electron chi connectivity index (χ0n) is 27.1. The van der Waals surface area contributed by atoms with Gasteiger partial charge in [0.2, 0.25) is 0 Å². The third kappa shape index (κ3) is 5.67. The smallest absolute Gasteiger partial charge is 0.115 e. The second-order valence-electron chi connectivity index (χ2n) is 12.5. The highest BCUT2D eigenvalue weighted by atomic mass is 31.1. The summed E-state index contributed by atoms with van der Waals surface area (Å²) in [7, 11) is 0.281. The largest absolute Gasteiger partial charge is 0.497 e. The summed E-state index contributed by atoms with van der Waals surface area (Å²) in [5.41, 5.74) is 8.71. The number of methoxy groups -OCH3 is 1. The molecule has 0 saturated heterocycles. The van der Waals surface area contributed by atoms with Crippen molar-refractivity contribution in [3.8, 4) is 0 Å². The first-order valence-electron chi connectivity index (χ1n) is 16.4. The number of hydrogen-bond acceptors (Lipinski definition) is 3. The van der Waals surface area contributed by atoms with E-state index in [2.05, 4.69) is 147 Å². The summed E-state index contributed by atoms with van der Waals surface area (Å²) in [4.78, 5) is 5.60. The Morgan fingerprint density at radius 1 is 0.702 bits per heavy atom. The number of aromatic nitrogens is 1. The van der Waals surface area contributed by atoms with Crippen molar-refractivity contribution in [2.45, 2.75) is 38.6 Å². The summed E-state index contributed by atoms with van der Waals surface area (Å²) in [5, 5.41) is 12.2. The molecule has 6 aromatic rings. The number of fused-ring (bicyclic) bond motifs is 2. The van der Waals surface area contributed by atoms with E-state index in [4.69, 9.17) is 9.72 Å². The van der Waals surface area contributed by atoms with Gasteiger partial charge in [0.1, 0.15) is 5.76 Å². The molecule has 1 N–H and O–H groups in total. The van der Waals surface area contributed by atoms with Crippen molar-refractivity contribution >= 4 is 59.3 Å². The van der Waals surface area contributed by atoms with Gasteiger partial charge in [-0.3, -0.25) is 0 Å². The highest BCUT2D eigenvalue weighted by Crippen LogP contribution is 2.53. The van der Waals surface area contributed by atoms with E-state index in [-0.39, 0.29) is 6.04 Å². The Morgan fingerprint density at radius 3 is 1.96 bits per heavy atom. The third-order valence-corrected chi connectivity index (χ3v) is 14.8. The highest BCUT2D eigenvalue weighted by molar-refractivity contribution is 7.72. The summed E-state index contributed by atoms with van der Waals surface area (Å²) in [6.07, 6.45) is 7.26. The molecule has 0 spiro atoms. The monoisotopic (exact) mass is 648 g/mol. The fourth-order valence-electron chi connectivity index (χ4n) is 7.14. The number of nitrogens with one attached hydrogen (secondary N) is 1. The van der Waals surface area contributed by atoms with Crippen molar-refractivity contribution in [1.29, 1.82) is 0 Å². The number of benzene rings is 5. The van der Waals surface area contributed by atoms with Crippen LogP contribution in [0.5, 0.6) is 0 Å². The maximum absolute atomic E-state index is 5.89. The Balaban J connectivity index is 1.44. The SMILES string of the molecule is COC1=CCC2Nc3ccc(C)cc3P(c3ccccc3)Cc3cccc4c(C)c5cccc(c5nc34)CP(c3ccccc3)C2=C1. The Labute approximate surface area is 279 Å². The summed E-state index contributed by atoms with van der Waals surface area (Å²) in [5.74, 6) is 0.945. The van der Waals surface area contributed by atoms with Gasteiger partial charge in [-0.05, 0) is 93.0 Å². The van der Waals surface area contributed by atoms with Crippen LogP contribution in [0.25, 0.3) is 21.8 Å². The average molecular weight is 649 g/mol. The fourth-order valence-corrected chi connectivity index (χ4v) is 12.3. The Bertz CT molecular complexity index is 2170. The third-order valence-electron chi connectivity index (χ3n) is 9.59. The van der Waals surface area contributed by atoms with Crippen molar-refractivity contribution in [2.75, 3.05) is 12.4 Å². The second-order valence-corrected chi connectivity index (χ2v) is 16.9. The van der Waals surface area contributed by atoms with Crippen LogP contribution in [-0.2, 0) is 17.1 Å². The van der Waals surface area contributed by atoms with Crippen molar-refractivity contribution in [2.24, 2.45) is 0 Å². The topological polar surface area (TPSA) is 34.1 Å².